The molecule has 6 nitrogen and oxygen atoms in total. The summed E-state index contributed by atoms with van der Waals surface area (Å²) in [5, 5.41) is 0.836. The van der Waals surface area contributed by atoms with E-state index in [0.29, 0.717) is 41.6 Å². The third kappa shape index (κ3) is 3.81. The van der Waals surface area contributed by atoms with E-state index in [4.69, 9.17) is 19.2 Å². The molecule has 0 fully saturated rings. The van der Waals surface area contributed by atoms with Gasteiger partial charge >= 0.3 is 0 Å². The first kappa shape index (κ1) is 21.8. The number of para-hydroxylation sites is 1. The molecule has 0 radical (unpaired) electrons. The number of benzene rings is 3. The van der Waals surface area contributed by atoms with Gasteiger partial charge in [0.1, 0.15) is 0 Å². The number of fused-ring (bicyclic) bond motifs is 2. The maximum Gasteiger partial charge on any atom is 0.254 e. The van der Waals surface area contributed by atoms with E-state index in [1.165, 1.54) is 11.1 Å². The van der Waals surface area contributed by atoms with Gasteiger partial charge in [-0.05, 0) is 41.8 Å². The van der Waals surface area contributed by atoms with Crippen LogP contribution in [-0.2, 0) is 13.0 Å². The van der Waals surface area contributed by atoms with Crippen molar-refractivity contribution in [2.75, 3.05) is 27.9 Å². The Morgan fingerprint density at radius 3 is 2.24 bits per heavy atom. The zero-order chi connectivity index (χ0) is 23.7. The van der Waals surface area contributed by atoms with Gasteiger partial charge in [0, 0.05) is 24.0 Å². The molecule has 0 saturated heterocycles. The van der Waals surface area contributed by atoms with Gasteiger partial charge < -0.3 is 19.1 Å². The van der Waals surface area contributed by atoms with E-state index < -0.39 is 0 Å². The highest BCUT2D eigenvalue weighted by Crippen LogP contribution is 2.41. The van der Waals surface area contributed by atoms with Crippen LogP contribution in [-0.4, -0.2) is 43.7 Å². The van der Waals surface area contributed by atoms with Crippen LogP contribution in [0.25, 0.3) is 22.2 Å². The van der Waals surface area contributed by atoms with Crippen molar-refractivity contribution >= 4 is 16.8 Å². The monoisotopic (exact) mass is 454 g/mol. The standard InChI is InChI=1S/C28H26N2O4/c1-32-25-14-20(15-26(33-2)27(25)34-3)24-16-22(21-10-6-7-11-23(21)29-24)28(31)30-13-12-18-8-4-5-9-19(18)17-30/h4-11,14-16H,12-13,17H2,1-3H3. The Morgan fingerprint density at radius 1 is 0.853 bits per heavy atom. The van der Waals surface area contributed by atoms with Crippen LogP contribution in [0.5, 0.6) is 17.2 Å². The molecular formula is C28H26N2O4. The van der Waals surface area contributed by atoms with Crippen LogP contribution in [0.2, 0.25) is 0 Å². The smallest absolute Gasteiger partial charge is 0.254 e. The SMILES string of the molecule is COc1cc(-c2cc(C(=O)N3CCc4ccccc4C3)c3ccccc3n2)cc(OC)c1OC. The van der Waals surface area contributed by atoms with Gasteiger partial charge in [0.15, 0.2) is 11.5 Å². The molecule has 4 aromatic rings. The molecule has 0 unspecified atom stereocenters. The van der Waals surface area contributed by atoms with Crippen LogP contribution < -0.4 is 14.2 Å². The molecule has 0 N–H and O–H groups in total. The van der Waals surface area contributed by atoms with Crippen molar-refractivity contribution in [2.24, 2.45) is 0 Å². The minimum atomic E-state index is 0.00166. The van der Waals surface area contributed by atoms with E-state index in [2.05, 4.69) is 18.2 Å². The summed E-state index contributed by atoms with van der Waals surface area (Å²) in [5.41, 5.74) is 5.34. The van der Waals surface area contributed by atoms with Crippen LogP contribution >= 0.6 is 0 Å². The molecule has 172 valence electrons. The predicted molar refractivity (Wildman–Crippen MR) is 132 cm³/mol. The number of nitrogens with zero attached hydrogens (tertiary/aromatic N) is 2. The lowest BCUT2D eigenvalue weighted by Gasteiger charge is -2.29. The Hall–Kier alpha value is -4.06. The molecule has 1 aliphatic rings. The van der Waals surface area contributed by atoms with Crippen molar-refractivity contribution in [3.8, 4) is 28.5 Å². The van der Waals surface area contributed by atoms with E-state index >= 15 is 0 Å². The fourth-order valence-electron chi connectivity index (χ4n) is 4.57. The fraction of sp³-hybridized carbons (Fsp3) is 0.214. The van der Waals surface area contributed by atoms with Gasteiger partial charge in [0.25, 0.3) is 5.91 Å². The van der Waals surface area contributed by atoms with E-state index in [1.807, 2.05) is 53.4 Å². The summed E-state index contributed by atoms with van der Waals surface area (Å²) < 4.78 is 16.5. The molecule has 0 bridgehead atoms. The molecule has 0 saturated carbocycles. The quantitative estimate of drug-likeness (QED) is 0.419. The fourth-order valence-corrected chi connectivity index (χ4v) is 4.57. The van der Waals surface area contributed by atoms with Crippen LogP contribution in [0.3, 0.4) is 0 Å². The second-order valence-electron chi connectivity index (χ2n) is 8.23. The second kappa shape index (κ2) is 9.06. The number of hydrogen-bond acceptors (Lipinski definition) is 5. The number of carbonyl (C=O) groups is 1. The number of carbonyl (C=O) groups excluding carboxylic acids is 1. The molecule has 1 aliphatic heterocycles. The predicted octanol–water partition coefficient (Wildman–Crippen LogP) is 5.13. The van der Waals surface area contributed by atoms with E-state index in [-0.39, 0.29) is 5.91 Å². The molecule has 0 atom stereocenters. The van der Waals surface area contributed by atoms with Crippen molar-refractivity contribution in [3.63, 3.8) is 0 Å². The van der Waals surface area contributed by atoms with Gasteiger partial charge in [-0.25, -0.2) is 4.98 Å². The van der Waals surface area contributed by atoms with Crippen molar-refractivity contribution in [1.29, 1.82) is 0 Å². The lowest BCUT2D eigenvalue weighted by molar-refractivity contribution is 0.0736. The number of hydrogen-bond donors (Lipinski definition) is 0. The maximum atomic E-state index is 13.8. The van der Waals surface area contributed by atoms with Crippen molar-refractivity contribution < 1.29 is 19.0 Å². The van der Waals surface area contributed by atoms with E-state index in [9.17, 15) is 4.79 Å². The summed E-state index contributed by atoms with van der Waals surface area (Å²) in [6.07, 6.45) is 0.852. The number of aromatic nitrogens is 1. The van der Waals surface area contributed by atoms with Crippen molar-refractivity contribution in [1.82, 2.24) is 9.88 Å². The summed E-state index contributed by atoms with van der Waals surface area (Å²) in [6, 6.07) is 21.6. The molecule has 0 spiro atoms. The highest BCUT2D eigenvalue weighted by Gasteiger charge is 2.24. The molecule has 1 aromatic heterocycles. The third-order valence-corrected chi connectivity index (χ3v) is 6.32. The Bertz CT molecular complexity index is 1360. The van der Waals surface area contributed by atoms with Crippen molar-refractivity contribution in [2.45, 2.75) is 13.0 Å². The molecule has 34 heavy (non-hydrogen) atoms. The highest BCUT2D eigenvalue weighted by atomic mass is 16.5. The Kier molecular flexibility index (Phi) is 5.80. The zero-order valence-corrected chi connectivity index (χ0v) is 19.5. The number of pyridine rings is 1. The number of rotatable bonds is 5. The topological polar surface area (TPSA) is 60.9 Å². The Labute approximate surface area is 198 Å². The van der Waals surface area contributed by atoms with E-state index in [1.54, 1.807) is 21.3 Å². The van der Waals surface area contributed by atoms with E-state index in [0.717, 1.165) is 22.9 Å². The van der Waals surface area contributed by atoms with Crippen LogP contribution in [0, 0.1) is 0 Å². The van der Waals surface area contributed by atoms with Gasteiger partial charge in [0.05, 0.1) is 38.1 Å². The molecule has 2 heterocycles. The first-order valence-corrected chi connectivity index (χ1v) is 11.2. The average molecular weight is 455 g/mol. The summed E-state index contributed by atoms with van der Waals surface area (Å²) >= 11 is 0. The third-order valence-electron chi connectivity index (χ3n) is 6.32. The first-order chi connectivity index (χ1) is 16.6. The second-order valence-corrected chi connectivity index (χ2v) is 8.23. The van der Waals surface area contributed by atoms with Crippen LogP contribution in [0.4, 0.5) is 0 Å². The lowest BCUT2D eigenvalue weighted by Crippen LogP contribution is -2.36. The molecule has 5 rings (SSSR count). The van der Waals surface area contributed by atoms with Gasteiger partial charge in [-0.2, -0.15) is 0 Å². The minimum Gasteiger partial charge on any atom is -0.493 e. The number of ether oxygens (including phenoxy) is 3. The highest BCUT2D eigenvalue weighted by molar-refractivity contribution is 6.07. The lowest BCUT2D eigenvalue weighted by atomic mass is 9.98. The zero-order valence-electron chi connectivity index (χ0n) is 19.5. The summed E-state index contributed by atoms with van der Waals surface area (Å²) in [4.78, 5) is 20.6. The van der Waals surface area contributed by atoms with Gasteiger partial charge in [-0.3, -0.25) is 4.79 Å². The normalized spacial score (nSPS) is 12.9. The molecule has 1 amide bonds. The molecule has 6 heteroatoms. The van der Waals surface area contributed by atoms with Gasteiger partial charge in [-0.1, -0.05) is 42.5 Å². The van der Waals surface area contributed by atoms with Crippen LogP contribution in [0.15, 0.2) is 66.7 Å². The van der Waals surface area contributed by atoms with Gasteiger partial charge in [-0.15, -0.1) is 0 Å². The Morgan fingerprint density at radius 2 is 1.53 bits per heavy atom. The van der Waals surface area contributed by atoms with Gasteiger partial charge in [0.2, 0.25) is 5.75 Å². The average Bonchev–Trinajstić information content (AvgIpc) is 2.90. The molecular weight excluding hydrogens is 428 g/mol. The molecule has 3 aromatic carbocycles. The van der Waals surface area contributed by atoms with Crippen molar-refractivity contribution in [3.05, 3.63) is 83.4 Å². The summed E-state index contributed by atoms with van der Waals surface area (Å²) in [6.45, 7) is 1.29. The minimum absolute atomic E-state index is 0.00166. The Balaban J connectivity index is 1.61. The summed E-state index contributed by atoms with van der Waals surface area (Å²) in [5.74, 6) is 1.58. The number of amides is 1. The largest absolute Gasteiger partial charge is 0.493 e. The first-order valence-electron chi connectivity index (χ1n) is 11.2. The number of methoxy groups -OCH3 is 3. The summed E-state index contributed by atoms with van der Waals surface area (Å²) in [7, 11) is 4.73. The van der Waals surface area contributed by atoms with Crippen LogP contribution in [0.1, 0.15) is 21.5 Å². The maximum absolute atomic E-state index is 13.8. The molecule has 0 aliphatic carbocycles.